The highest BCUT2D eigenvalue weighted by atomic mass is 16.2. The topological polar surface area (TPSA) is 33.5 Å². The van der Waals surface area contributed by atoms with E-state index in [9.17, 15) is 4.79 Å². The average molecular weight is 299 g/mol. The van der Waals surface area contributed by atoms with Crippen molar-refractivity contribution in [1.29, 1.82) is 0 Å². The number of carbonyl (C=O) groups is 1. The van der Waals surface area contributed by atoms with Crippen molar-refractivity contribution in [2.45, 2.75) is 57.4 Å². The Labute approximate surface area is 133 Å². The van der Waals surface area contributed by atoms with Crippen molar-refractivity contribution in [3.05, 3.63) is 34.4 Å². The summed E-state index contributed by atoms with van der Waals surface area (Å²) in [5.74, 6) is 0.246. The second-order valence-corrected chi connectivity index (χ2v) is 7.32. The van der Waals surface area contributed by atoms with Gasteiger partial charge in [-0.3, -0.25) is 4.79 Å². The second kappa shape index (κ2) is 6.04. The van der Waals surface area contributed by atoms with Gasteiger partial charge in [0, 0.05) is 0 Å². The van der Waals surface area contributed by atoms with Gasteiger partial charge in [0.1, 0.15) is 0 Å². The van der Waals surface area contributed by atoms with Crippen LogP contribution in [0.1, 0.15) is 60.4 Å². The molecule has 0 unspecified atom stereocenters. The zero-order chi connectivity index (χ0) is 14.9. The molecule has 2 aliphatic carbocycles. The van der Waals surface area contributed by atoms with Crippen LogP contribution in [0, 0.1) is 0 Å². The summed E-state index contributed by atoms with van der Waals surface area (Å²) in [5, 5.41) is 3.31. The van der Waals surface area contributed by atoms with Crippen molar-refractivity contribution in [2.24, 2.45) is 0 Å². The van der Waals surface area contributed by atoms with Crippen LogP contribution in [-0.2, 0) is 24.1 Å². The molecule has 1 aromatic carbocycles. The molecule has 1 amide bonds. The molecule has 3 heteroatoms. The number of piperidine rings is 1. The predicted octanol–water partition coefficient (Wildman–Crippen LogP) is 1.35. The second-order valence-electron chi connectivity index (χ2n) is 7.32. The predicted molar refractivity (Wildman–Crippen MR) is 87.1 cm³/mol. The lowest BCUT2D eigenvalue weighted by Gasteiger charge is -2.24. The quantitative estimate of drug-likeness (QED) is 0.868. The minimum absolute atomic E-state index is 0.246. The van der Waals surface area contributed by atoms with Gasteiger partial charge in [-0.15, -0.1) is 0 Å². The van der Waals surface area contributed by atoms with Gasteiger partial charge >= 0.3 is 0 Å². The Kier molecular flexibility index (Phi) is 3.91. The Morgan fingerprint density at radius 1 is 1.00 bits per heavy atom. The summed E-state index contributed by atoms with van der Waals surface area (Å²) in [7, 11) is 0. The van der Waals surface area contributed by atoms with Gasteiger partial charge in [-0.05, 0) is 73.6 Å². The van der Waals surface area contributed by atoms with Crippen molar-refractivity contribution < 1.29 is 9.69 Å². The largest absolute Gasteiger partial charge is 0.344 e. The summed E-state index contributed by atoms with van der Waals surface area (Å²) in [4.78, 5) is 13.8. The number of likely N-dealkylation sites (tertiary alicyclic amines) is 1. The normalized spacial score (nSPS) is 24.1. The maximum atomic E-state index is 12.4. The Morgan fingerprint density at radius 2 is 1.77 bits per heavy atom. The van der Waals surface area contributed by atoms with Crippen LogP contribution in [0.3, 0.4) is 0 Å². The minimum atomic E-state index is 0.246. The van der Waals surface area contributed by atoms with Crippen LogP contribution >= 0.6 is 0 Å². The maximum Gasteiger partial charge on any atom is 0.275 e. The monoisotopic (exact) mass is 299 g/mol. The lowest BCUT2D eigenvalue weighted by Crippen LogP contribution is -3.13. The van der Waals surface area contributed by atoms with Crippen LogP contribution in [0.4, 0.5) is 0 Å². The molecule has 118 valence electrons. The smallest absolute Gasteiger partial charge is 0.275 e. The molecule has 1 atom stereocenters. The van der Waals surface area contributed by atoms with Crippen molar-refractivity contribution in [3.8, 4) is 0 Å². The first-order valence-corrected chi connectivity index (χ1v) is 9.07. The number of amides is 1. The number of hydrogen-bond acceptors (Lipinski definition) is 1. The molecule has 1 aliphatic heterocycles. The first kappa shape index (κ1) is 14.3. The zero-order valence-corrected chi connectivity index (χ0v) is 13.4. The highest BCUT2D eigenvalue weighted by Gasteiger charge is 2.27. The van der Waals surface area contributed by atoms with Gasteiger partial charge in [0.05, 0.1) is 19.1 Å². The number of rotatable bonds is 3. The fourth-order valence-electron chi connectivity index (χ4n) is 4.54. The van der Waals surface area contributed by atoms with Gasteiger partial charge in [0.25, 0.3) is 5.91 Å². The molecule has 1 saturated heterocycles. The molecule has 2 N–H and O–H groups in total. The molecule has 0 spiro atoms. The van der Waals surface area contributed by atoms with Crippen molar-refractivity contribution in [2.75, 3.05) is 19.6 Å². The third-order valence-corrected chi connectivity index (χ3v) is 5.74. The lowest BCUT2D eigenvalue weighted by atomic mass is 10.0. The van der Waals surface area contributed by atoms with Gasteiger partial charge in [-0.2, -0.15) is 0 Å². The van der Waals surface area contributed by atoms with E-state index >= 15 is 0 Å². The van der Waals surface area contributed by atoms with Crippen LogP contribution in [0.25, 0.3) is 0 Å². The SMILES string of the molecule is O=C(C[NH+]1CCCCC1)N[C@@H]1CCc2cc3c(cc21)CCC3. The lowest BCUT2D eigenvalue weighted by molar-refractivity contribution is -0.896. The van der Waals surface area contributed by atoms with Gasteiger partial charge in [0.2, 0.25) is 0 Å². The molecule has 1 heterocycles. The third-order valence-electron chi connectivity index (χ3n) is 5.74. The molecule has 0 bridgehead atoms. The molecule has 0 saturated carbocycles. The van der Waals surface area contributed by atoms with Crippen LogP contribution in [-0.4, -0.2) is 25.5 Å². The van der Waals surface area contributed by atoms with Crippen LogP contribution in [0.5, 0.6) is 0 Å². The molecule has 4 rings (SSSR count). The maximum absolute atomic E-state index is 12.4. The van der Waals surface area contributed by atoms with E-state index in [4.69, 9.17) is 0 Å². The van der Waals surface area contributed by atoms with Crippen molar-refractivity contribution in [3.63, 3.8) is 0 Å². The first-order valence-electron chi connectivity index (χ1n) is 9.07. The Hall–Kier alpha value is -1.35. The molecule has 0 radical (unpaired) electrons. The molecule has 22 heavy (non-hydrogen) atoms. The Bertz CT molecular complexity index is 575. The average Bonchev–Trinajstić information content (AvgIpc) is 3.13. The molecular formula is C19H27N2O+. The fourth-order valence-corrected chi connectivity index (χ4v) is 4.54. The van der Waals surface area contributed by atoms with E-state index < -0.39 is 0 Å². The zero-order valence-electron chi connectivity index (χ0n) is 13.4. The van der Waals surface area contributed by atoms with Gasteiger partial charge in [-0.1, -0.05) is 12.1 Å². The van der Waals surface area contributed by atoms with E-state index in [1.54, 1.807) is 5.56 Å². The number of nitrogens with one attached hydrogen (secondary N) is 2. The van der Waals surface area contributed by atoms with E-state index in [1.807, 2.05) is 0 Å². The van der Waals surface area contributed by atoms with E-state index in [2.05, 4.69) is 17.4 Å². The van der Waals surface area contributed by atoms with Crippen molar-refractivity contribution in [1.82, 2.24) is 5.32 Å². The number of aryl methyl sites for hydroxylation is 3. The highest BCUT2D eigenvalue weighted by molar-refractivity contribution is 5.77. The molecular weight excluding hydrogens is 272 g/mol. The number of carbonyl (C=O) groups excluding carboxylic acids is 1. The van der Waals surface area contributed by atoms with E-state index in [0.29, 0.717) is 6.54 Å². The van der Waals surface area contributed by atoms with E-state index in [0.717, 1.165) is 12.8 Å². The number of quaternary nitrogens is 1. The summed E-state index contributed by atoms with van der Waals surface area (Å²) in [6, 6.07) is 5.07. The molecule has 3 nitrogen and oxygen atoms in total. The third kappa shape index (κ3) is 2.79. The molecule has 3 aliphatic rings. The van der Waals surface area contributed by atoms with E-state index in [-0.39, 0.29) is 11.9 Å². The summed E-state index contributed by atoms with van der Waals surface area (Å²) in [6.07, 6.45) is 9.88. The highest BCUT2D eigenvalue weighted by Crippen LogP contribution is 2.35. The van der Waals surface area contributed by atoms with Crippen molar-refractivity contribution >= 4 is 5.91 Å². The minimum Gasteiger partial charge on any atom is -0.344 e. The Balaban J connectivity index is 1.41. The van der Waals surface area contributed by atoms with Gasteiger partial charge < -0.3 is 10.2 Å². The number of fused-ring (bicyclic) bond motifs is 2. The van der Waals surface area contributed by atoms with Crippen LogP contribution in [0.15, 0.2) is 12.1 Å². The Morgan fingerprint density at radius 3 is 2.59 bits per heavy atom. The standard InChI is InChI=1S/C19H26N2O/c22-19(13-21-9-2-1-3-10-21)20-18-8-7-16-11-14-5-4-6-15(14)12-17(16)18/h11-12,18H,1-10,13H2,(H,20,22)/p+1/t18-/m1/s1. The summed E-state index contributed by atoms with van der Waals surface area (Å²) < 4.78 is 0. The summed E-state index contributed by atoms with van der Waals surface area (Å²) in [6.45, 7) is 3.00. The summed E-state index contributed by atoms with van der Waals surface area (Å²) in [5.41, 5.74) is 5.98. The van der Waals surface area contributed by atoms with Crippen LogP contribution < -0.4 is 10.2 Å². The van der Waals surface area contributed by atoms with E-state index in [1.165, 1.54) is 73.2 Å². The number of hydrogen-bond donors (Lipinski definition) is 2. The summed E-state index contributed by atoms with van der Waals surface area (Å²) >= 11 is 0. The fraction of sp³-hybridized carbons (Fsp3) is 0.632. The molecule has 1 fully saturated rings. The van der Waals surface area contributed by atoms with Gasteiger partial charge in [-0.25, -0.2) is 0 Å². The van der Waals surface area contributed by atoms with Gasteiger partial charge in [0.15, 0.2) is 6.54 Å². The number of benzene rings is 1. The first-order chi connectivity index (χ1) is 10.8. The molecule has 1 aromatic rings. The van der Waals surface area contributed by atoms with Crippen LogP contribution in [0.2, 0.25) is 0 Å². The molecule has 0 aromatic heterocycles.